The molecule has 1 aromatic heterocycles. The molecule has 0 spiro atoms. The molecule has 2 amide bonds. The van der Waals surface area contributed by atoms with Crippen molar-refractivity contribution in [3.63, 3.8) is 0 Å². The molecule has 1 heterocycles. The Labute approximate surface area is 169 Å². The number of rotatable bonds is 4. The second-order valence-corrected chi connectivity index (χ2v) is 6.27. The highest BCUT2D eigenvalue weighted by atomic mass is 19.1. The predicted octanol–water partition coefficient (Wildman–Crippen LogP) is 6.09. The minimum absolute atomic E-state index is 0.137. The van der Waals surface area contributed by atoms with Crippen molar-refractivity contribution in [3.05, 3.63) is 90.4 Å². The van der Waals surface area contributed by atoms with Crippen molar-refractivity contribution in [2.45, 2.75) is 0 Å². The first kappa shape index (κ1) is 19.3. The molecule has 0 radical (unpaired) electrons. The molecule has 4 rings (SSSR count). The van der Waals surface area contributed by atoms with Gasteiger partial charge in [0.15, 0.2) is 0 Å². The van der Waals surface area contributed by atoms with E-state index in [1.807, 2.05) is 24.3 Å². The molecule has 0 bridgehead atoms. The number of carbonyl (C=O) groups excluding carboxylic acids is 1. The predicted molar refractivity (Wildman–Crippen MR) is 107 cm³/mol. The number of carbonyl (C=O) groups is 1. The van der Waals surface area contributed by atoms with Crippen LogP contribution in [-0.2, 0) is 0 Å². The highest BCUT2D eigenvalue weighted by molar-refractivity contribution is 5.99. The van der Waals surface area contributed by atoms with Crippen molar-refractivity contribution >= 4 is 28.3 Å². The molecule has 3 aromatic carbocycles. The highest BCUT2D eigenvalue weighted by Crippen LogP contribution is 2.30. The van der Waals surface area contributed by atoms with Crippen LogP contribution in [0.5, 0.6) is 11.5 Å². The molecule has 0 aliphatic carbocycles. The maximum absolute atomic E-state index is 14.4. The zero-order valence-corrected chi connectivity index (χ0v) is 15.3. The molecular formula is C22H14F3N3O2. The van der Waals surface area contributed by atoms with E-state index in [4.69, 9.17) is 4.74 Å². The fourth-order valence-corrected chi connectivity index (χ4v) is 2.81. The number of urea groups is 1. The van der Waals surface area contributed by atoms with E-state index < -0.39 is 23.5 Å². The van der Waals surface area contributed by atoms with E-state index >= 15 is 0 Å². The number of anilines is 2. The third-order valence-electron chi connectivity index (χ3n) is 4.20. The maximum Gasteiger partial charge on any atom is 0.323 e. The van der Waals surface area contributed by atoms with E-state index in [0.29, 0.717) is 11.8 Å². The van der Waals surface area contributed by atoms with Crippen molar-refractivity contribution in [1.29, 1.82) is 0 Å². The standard InChI is InChI=1S/C22H14F3N3O2/c23-13-5-7-19(16(24)11-13)27-22(29)28-20-8-6-14(12-17(20)25)30-21-9-10-26-18-4-2-1-3-15(18)21/h1-12H,(H2,27,28,29). The van der Waals surface area contributed by atoms with E-state index in [9.17, 15) is 18.0 Å². The lowest BCUT2D eigenvalue weighted by Gasteiger charge is -2.12. The lowest BCUT2D eigenvalue weighted by molar-refractivity contribution is 0.262. The van der Waals surface area contributed by atoms with Gasteiger partial charge in [0.2, 0.25) is 0 Å². The number of hydrogen-bond acceptors (Lipinski definition) is 3. The second-order valence-electron chi connectivity index (χ2n) is 6.27. The van der Waals surface area contributed by atoms with Crippen LogP contribution in [0.4, 0.5) is 29.3 Å². The Bertz CT molecular complexity index is 1240. The van der Waals surface area contributed by atoms with Gasteiger partial charge in [0.05, 0.1) is 16.9 Å². The average molecular weight is 409 g/mol. The Hall–Kier alpha value is -4.07. The quantitative estimate of drug-likeness (QED) is 0.429. The number of ether oxygens (including phenoxy) is 1. The lowest BCUT2D eigenvalue weighted by Crippen LogP contribution is -2.20. The number of fused-ring (bicyclic) bond motifs is 1. The average Bonchev–Trinajstić information content (AvgIpc) is 2.72. The van der Waals surface area contributed by atoms with Crippen molar-refractivity contribution in [1.82, 2.24) is 4.98 Å². The zero-order chi connectivity index (χ0) is 21.1. The summed E-state index contributed by atoms with van der Waals surface area (Å²) in [6.45, 7) is 0. The van der Waals surface area contributed by atoms with Crippen molar-refractivity contribution < 1.29 is 22.7 Å². The molecule has 150 valence electrons. The van der Waals surface area contributed by atoms with E-state index in [-0.39, 0.29) is 17.1 Å². The molecule has 5 nitrogen and oxygen atoms in total. The summed E-state index contributed by atoms with van der Waals surface area (Å²) in [6, 6.07) is 14.7. The van der Waals surface area contributed by atoms with Crippen LogP contribution < -0.4 is 15.4 Å². The SMILES string of the molecule is O=C(Nc1ccc(F)cc1F)Nc1ccc(Oc2ccnc3ccccc23)cc1F. The van der Waals surface area contributed by atoms with Crippen LogP contribution in [0.25, 0.3) is 10.9 Å². The fraction of sp³-hybridized carbons (Fsp3) is 0. The van der Waals surface area contributed by atoms with Gasteiger partial charge in [-0.05, 0) is 42.5 Å². The number of hydrogen-bond donors (Lipinski definition) is 2. The van der Waals surface area contributed by atoms with Gasteiger partial charge in [-0.2, -0.15) is 0 Å². The summed E-state index contributed by atoms with van der Waals surface area (Å²) in [4.78, 5) is 16.2. The molecule has 0 saturated heterocycles. The van der Waals surface area contributed by atoms with Crippen LogP contribution in [0.15, 0.2) is 72.9 Å². The monoisotopic (exact) mass is 409 g/mol. The largest absolute Gasteiger partial charge is 0.456 e. The van der Waals surface area contributed by atoms with Gasteiger partial charge in [-0.3, -0.25) is 4.98 Å². The number of benzene rings is 3. The topological polar surface area (TPSA) is 63.2 Å². The lowest BCUT2D eigenvalue weighted by atomic mass is 10.2. The van der Waals surface area contributed by atoms with Crippen LogP contribution in [0.2, 0.25) is 0 Å². The number of halogens is 3. The summed E-state index contributed by atoms with van der Waals surface area (Å²) in [5, 5.41) is 5.23. The normalized spacial score (nSPS) is 10.6. The van der Waals surface area contributed by atoms with Crippen LogP contribution in [0, 0.1) is 17.5 Å². The summed E-state index contributed by atoms with van der Waals surface area (Å²) >= 11 is 0. The molecule has 4 aromatic rings. The summed E-state index contributed by atoms with van der Waals surface area (Å²) in [5.74, 6) is -1.74. The van der Waals surface area contributed by atoms with Gasteiger partial charge in [0.25, 0.3) is 0 Å². The number of nitrogens with zero attached hydrogens (tertiary/aromatic N) is 1. The van der Waals surface area contributed by atoms with Crippen LogP contribution in [0.1, 0.15) is 0 Å². The summed E-state index contributed by atoms with van der Waals surface area (Å²) < 4.78 is 46.8. The summed E-state index contributed by atoms with van der Waals surface area (Å²) in [7, 11) is 0. The number of amides is 2. The first-order valence-electron chi connectivity index (χ1n) is 8.84. The third-order valence-corrected chi connectivity index (χ3v) is 4.20. The van der Waals surface area contributed by atoms with Gasteiger partial charge >= 0.3 is 6.03 Å². The molecular weight excluding hydrogens is 395 g/mol. The molecule has 2 N–H and O–H groups in total. The highest BCUT2D eigenvalue weighted by Gasteiger charge is 2.12. The van der Waals surface area contributed by atoms with Crippen molar-refractivity contribution in [2.24, 2.45) is 0 Å². The van der Waals surface area contributed by atoms with E-state index in [0.717, 1.165) is 29.1 Å². The van der Waals surface area contributed by atoms with Crippen LogP contribution in [-0.4, -0.2) is 11.0 Å². The van der Waals surface area contributed by atoms with Crippen LogP contribution in [0.3, 0.4) is 0 Å². The van der Waals surface area contributed by atoms with E-state index in [2.05, 4.69) is 15.6 Å². The van der Waals surface area contributed by atoms with E-state index in [1.54, 1.807) is 12.3 Å². The third kappa shape index (κ3) is 4.17. The summed E-state index contributed by atoms with van der Waals surface area (Å²) in [5.41, 5.74) is 0.360. The molecule has 0 unspecified atom stereocenters. The van der Waals surface area contributed by atoms with Gasteiger partial charge in [-0.25, -0.2) is 18.0 Å². The van der Waals surface area contributed by atoms with E-state index in [1.165, 1.54) is 12.1 Å². The Balaban J connectivity index is 1.48. The Morgan fingerprint density at radius 3 is 2.27 bits per heavy atom. The van der Waals surface area contributed by atoms with Gasteiger partial charge in [-0.1, -0.05) is 12.1 Å². The smallest absolute Gasteiger partial charge is 0.323 e. The van der Waals surface area contributed by atoms with Gasteiger partial charge < -0.3 is 15.4 Å². The molecule has 0 fully saturated rings. The molecule has 8 heteroatoms. The number of pyridine rings is 1. The Morgan fingerprint density at radius 1 is 0.833 bits per heavy atom. The molecule has 0 aliphatic rings. The zero-order valence-electron chi connectivity index (χ0n) is 15.3. The molecule has 0 aliphatic heterocycles. The Kier molecular flexibility index (Phi) is 5.21. The minimum Gasteiger partial charge on any atom is -0.456 e. The second kappa shape index (κ2) is 8.12. The summed E-state index contributed by atoms with van der Waals surface area (Å²) in [6.07, 6.45) is 1.59. The van der Waals surface area contributed by atoms with Crippen molar-refractivity contribution in [3.8, 4) is 11.5 Å². The first-order chi connectivity index (χ1) is 14.5. The molecule has 0 atom stereocenters. The molecule has 30 heavy (non-hydrogen) atoms. The number of para-hydroxylation sites is 1. The first-order valence-corrected chi connectivity index (χ1v) is 8.84. The Morgan fingerprint density at radius 2 is 1.53 bits per heavy atom. The van der Waals surface area contributed by atoms with Crippen molar-refractivity contribution in [2.75, 3.05) is 10.6 Å². The fourth-order valence-electron chi connectivity index (χ4n) is 2.81. The molecule has 0 saturated carbocycles. The number of aromatic nitrogens is 1. The van der Waals surface area contributed by atoms with Gasteiger partial charge in [0, 0.05) is 23.7 Å². The van der Waals surface area contributed by atoms with Gasteiger partial charge in [-0.15, -0.1) is 0 Å². The van der Waals surface area contributed by atoms with Gasteiger partial charge in [0.1, 0.15) is 29.0 Å². The maximum atomic E-state index is 14.4. The van der Waals surface area contributed by atoms with Crippen LogP contribution >= 0.6 is 0 Å². The number of nitrogens with one attached hydrogen (secondary N) is 2. The minimum atomic E-state index is -0.945.